The van der Waals surface area contributed by atoms with Crippen LogP contribution in [0.5, 0.6) is 11.5 Å². The number of likely N-dealkylation sites (N-methyl/N-ethyl adjacent to an activating group) is 1. The summed E-state index contributed by atoms with van der Waals surface area (Å²) in [6.07, 6.45) is 0. The monoisotopic (exact) mass is 461 g/mol. The van der Waals surface area contributed by atoms with Crippen molar-refractivity contribution in [1.82, 2.24) is 14.1 Å². The fourth-order valence-corrected chi connectivity index (χ4v) is 5.00. The Morgan fingerprint density at radius 3 is 2.03 bits per heavy atom. The third kappa shape index (κ3) is 5.34. The third-order valence-corrected chi connectivity index (χ3v) is 7.38. The molecule has 1 saturated heterocycles. The van der Waals surface area contributed by atoms with E-state index >= 15 is 0 Å². The van der Waals surface area contributed by atoms with Gasteiger partial charge in [0.1, 0.15) is 11.5 Å². The van der Waals surface area contributed by atoms with Gasteiger partial charge in [-0.05, 0) is 43.3 Å². The van der Waals surface area contributed by atoms with Crippen LogP contribution >= 0.6 is 0 Å². The van der Waals surface area contributed by atoms with Gasteiger partial charge in [-0.3, -0.25) is 0 Å². The molecule has 1 aliphatic heterocycles. The molecule has 2 aromatic carbocycles. The Kier molecular flexibility index (Phi) is 7.63. The molecule has 0 aromatic heterocycles. The van der Waals surface area contributed by atoms with Crippen molar-refractivity contribution in [2.75, 3.05) is 46.9 Å². The van der Waals surface area contributed by atoms with Crippen LogP contribution in [0.15, 0.2) is 47.4 Å². The van der Waals surface area contributed by atoms with Gasteiger partial charge < -0.3 is 19.3 Å². The second kappa shape index (κ2) is 10.2. The zero-order chi connectivity index (χ0) is 23.3. The lowest BCUT2D eigenvalue weighted by Gasteiger charge is -2.36. The molecule has 1 heterocycles. The Labute approximate surface area is 190 Å². The normalized spacial score (nSPS) is 14.8. The molecule has 0 unspecified atom stereocenters. The molecule has 2 aromatic rings. The zero-order valence-electron chi connectivity index (χ0n) is 19.1. The van der Waals surface area contributed by atoms with E-state index in [1.54, 1.807) is 35.2 Å². The molecule has 3 rings (SSSR count). The maximum Gasteiger partial charge on any atom is 0.334 e. The second-order valence-electron chi connectivity index (χ2n) is 7.75. The predicted molar refractivity (Wildman–Crippen MR) is 123 cm³/mol. The number of aryl methyl sites for hydroxylation is 1. The third-order valence-electron chi connectivity index (χ3n) is 5.65. The lowest BCUT2D eigenvalue weighted by molar-refractivity contribution is 0.129. The van der Waals surface area contributed by atoms with E-state index in [4.69, 9.17) is 9.47 Å². The fourth-order valence-electron chi connectivity index (χ4n) is 3.63. The number of ether oxygens (including phenoxy) is 2. The van der Waals surface area contributed by atoms with Gasteiger partial charge >= 0.3 is 6.03 Å². The van der Waals surface area contributed by atoms with Crippen LogP contribution in [-0.2, 0) is 16.6 Å². The molecule has 32 heavy (non-hydrogen) atoms. The highest BCUT2D eigenvalue weighted by molar-refractivity contribution is 7.89. The number of piperazine rings is 1. The van der Waals surface area contributed by atoms with E-state index in [-0.39, 0.29) is 11.4 Å². The number of rotatable bonds is 7. The van der Waals surface area contributed by atoms with Gasteiger partial charge in [0.2, 0.25) is 0 Å². The molecule has 0 aliphatic carbocycles. The molecule has 0 saturated carbocycles. The first-order valence-electron chi connectivity index (χ1n) is 10.6. The van der Waals surface area contributed by atoms with Crippen molar-refractivity contribution in [3.05, 3.63) is 53.6 Å². The fraction of sp³-hybridized carbons (Fsp3) is 0.435. The van der Waals surface area contributed by atoms with Crippen molar-refractivity contribution in [2.45, 2.75) is 25.3 Å². The maximum atomic E-state index is 13.6. The zero-order valence-corrected chi connectivity index (χ0v) is 19.9. The molecule has 9 heteroatoms. The van der Waals surface area contributed by atoms with Crippen LogP contribution in [0, 0.1) is 6.92 Å². The minimum absolute atomic E-state index is 0.0819. The molecule has 0 atom stereocenters. The largest absolute Gasteiger partial charge is 0.497 e. The van der Waals surface area contributed by atoms with Crippen LogP contribution < -0.4 is 9.47 Å². The maximum absolute atomic E-state index is 13.6. The average Bonchev–Trinajstić information content (AvgIpc) is 2.82. The number of carbonyl (C=O) groups excluding carboxylic acids is 1. The topological polar surface area (TPSA) is 79.4 Å². The summed E-state index contributed by atoms with van der Waals surface area (Å²) in [5.74, 6) is 1.05. The van der Waals surface area contributed by atoms with Gasteiger partial charge in [-0.1, -0.05) is 24.6 Å². The molecule has 174 valence electrons. The minimum atomic E-state index is -4.08. The van der Waals surface area contributed by atoms with Crippen molar-refractivity contribution < 1.29 is 22.7 Å². The molecular formula is C23H31N3O5S. The first-order valence-corrected chi connectivity index (χ1v) is 12.0. The van der Waals surface area contributed by atoms with E-state index in [0.29, 0.717) is 43.2 Å². The van der Waals surface area contributed by atoms with E-state index < -0.39 is 16.1 Å². The number of urea groups is 1. The number of amides is 2. The summed E-state index contributed by atoms with van der Waals surface area (Å²) in [6.45, 7) is 7.12. The lowest BCUT2D eigenvalue weighted by atomic mass is 10.2. The van der Waals surface area contributed by atoms with Gasteiger partial charge in [-0.2, -0.15) is 0 Å². The van der Waals surface area contributed by atoms with E-state index in [1.165, 1.54) is 26.4 Å². The second-order valence-corrected chi connectivity index (χ2v) is 9.61. The highest BCUT2D eigenvalue weighted by atomic mass is 32.2. The quantitative estimate of drug-likeness (QED) is 0.631. The Balaban J connectivity index is 1.97. The summed E-state index contributed by atoms with van der Waals surface area (Å²) in [7, 11) is -1.02. The smallest absolute Gasteiger partial charge is 0.334 e. The van der Waals surface area contributed by atoms with Gasteiger partial charge in [0.25, 0.3) is 10.0 Å². The Bertz CT molecular complexity index is 1010. The predicted octanol–water partition coefficient (Wildman–Crippen LogP) is 2.96. The molecule has 1 aliphatic rings. The first-order chi connectivity index (χ1) is 15.3. The number of hydrogen-bond donors (Lipinski definition) is 0. The Morgan fingerprint density at radius 1 is 0.969 bits per heavy atom. The summed E-state index contributed by atoms with van der Waals surface area (Å²) in [4.78, 5) is 17.4. The standard InChI is InChI=1S/C23H31N3O5S/c1-5-24-10-12-25(13-11-24)23(27)26(32(28,29)22-8-6-18(2)7-9-22)17-19-14-20(30-3)16-21(15-19)31-4/h6-9,14-16H,5,10-13,17H2,1-4H3. The summed E-state index contributed by atoms with van der Waals surface area (Å²) >= 11 is 0. The average molecular weight is 462 g/mol. The molecule has 2 amide bonds. The number of hydrogen-bond acceptors (Lipinski definition) is 6. The summed E-state index contributed by atoms with van der Waals surface area (Å²) in [5, 5.41) is 0. The van der Waals surface area contributed by atoms with E-state index in [0.717, 1.165) is 16.4 Å². The first kappa shape index (κ1) is 23.9. The van der Waals surface area contributed by atoms with Crippen molar-refractivity contribution in [1.29, 1.82) is 0 Å². The SMILES string of the molecule is CCN1CCN(C(=O)N(Cc2cc(OC)cc(OC)c2)S(=O)(=O)c2ccc(C)cc2)CC1. The highest BCUT2D eigenvalue weighted by Gasteiger charge is 2.34. The lowest BCUT2D eigenvalue weighted by Crippen LogP contribution is -2.53. The number of methoxy groups -OCH3 is 2. The van der Waals surface area contributed by atoms with Crippen molar-refractivity contribution >= 4 is 16.1 Å². The van der Waals surface area contributed by atoms with Crippen molar-refractivity contribution in [2.24, 2.45) is 0 Å². The number of carbonyl (C=O) groups is 1. The highest BCUT2D eigenvalue weighted by Crippen LogP contribution is 2.27. The van der Waals surface area contributed by atoms with E-state index in [9.17, 15) is 13.2 Å². The van der Waals surface area contributed by atoms with Crippen LogP contribution in [0.2, 0.25) is 0 Å². The minimum Gasteiger partial charge on any atom is -0.497 e. The van der Waals surface area contributed by atoms with Crippen molar-refractivity contribution in [3.63, 3.8) is 0 Å². The Morgan fingerprint density at radius 2 is 1.53 bits per heavy atom. The van der Waals surface area contributed by atoms with E-state index in [2.05, 4.69) is 11.8 Å². The Hall–Kier alpha value is -2.78. The molecule has 0 spiro atoms. The molecule has 0 radical (unpaired) electrons. The van der Waals surface area contributed by atoms with Gasteiger partial charge in [0.05, 0.1) is 25.7 Å². The van der Waals surface area contributed by atoms with Gasteiger partial charge in [0.15, 0.2) is 0 Å². The molecule has 1 fully saturated rings. The van der Waals surface area contributed by atoms with Gasteiger partial charge in [0, 0.05) is 32.2 Å². The number of benzene rings is 2. The van der Waals surface area contributed by atoms with Crippen LogP contribution in [0.3, 0.4) is 0 Å². The number of sulfonamides is 1. The number of nitrogens with zero attached hydrogens (tertiary/aromatic N) is 3. The van der Waals surface area contributed by atoms with Crippen molar-refractivity contribution in [3.8, 4) is 11.5 Å². The summed E-state index contributed by atoms with van der Waals surface area (Å²) in [5.41, 5.74) is 1.53. The van der Waals surface area contributed by atoms with Crippen LogP contribution in [0.1, 0.15) is 18.1 Å². The van der Waals surface area contributed by atoms with Crippen LogP contribution in [-0.4, -0.2) is 75.5 Å². The van der Waals surface area contributed by atoms with Crippen LogP contribution in [0.25, 0.3) is 0 Å². The van der Waals surface area contributed by atoms with Gasteiger partial charge in [-0.25, -0.2) is 17.5 Å². The van der Waals surface area contributed by atoms with Gasteiger partial charge in [-0.15, -0.1) is 0 Å². The summed E-state index contributed by atoms with van der Waals surface area (Å²) in [6, 6.07) is 11.1. The summed E-state index contributed by atoms with van der Waals surface area (Å²) < 4.78 is 38.7. The molecular weight excluding hydrogens is 430 g/mol. The molecule has 0 bridgehead atoms. The molecule has 8 nitrogen and oxygen atoms in total. The van der Waals surface area contributed by atoms with E-state index in [1.807, 2.05) is 6.92 Å². The molecule has 0 N–H and O–H groups in total. The van der Waals surface area contributed by atoms with Crippen LogP contribution in [0.4, 0.5) is 4.79 Å².